The highest BCUT2D eigenvalue weighted by Crippen LogP contribution is 2.36. The molecule has 0 atom stereocenters. The molecule has 2 aromatic heterocycles. The molecule has 3 aromatic rings. The highest BCUT2D eigenvalue weighted by Gasteiger charge is 2.13. The molecular formula is C20H22N4O2. The van der Waals surface area contributed by atoms with Gasteiger partial charge in [-0.05, 0) is 26.0 Å². The molecule has 0 bridgehead atoms. The van der Waals surface area contributed by atoms with E-state index in [-0.39, 0.29) is 6.04 Å². The molecule has 0 saturated heterocycles. The number of benzene rings is 1. The summed E-state index contributed by atoms with van der Waals surface area (Å²) in [5, 5.41) is 12.6. The largest absolute Gasteiger partial charge is 0.493 e. The summed E-state index contributed by atoms with van der Waals surface area (Å²) in [5.74, 6) is 2.07. The summed E-state index contributed by atoms with van der Waals surface area (Å²) in [5.41, 5.74) is 3.51. The molecule has 0 radical (unpaired) electrons. The van der Waals surface area contributed by atoms with Crippen molar-refractivity contribution in [3.05, 3.63) is 42.7 Å². The third-order valence-electron chi connectivity index (χ3n) is 4.02. The highest BCUT2D eigenvalue weighted by molar-refractivity contribution is 5.96. The van der Waals surface area contributed by atoms with Crippen molar-refractivity contribution in [1.29, 1.82) is 0 Å². The van der Waals surface area contributed by atoms with Gasteiger partial charge < -0.3 is 14.8 Å². The van der Waals surface area contributed by atoms with Crippen molar-refractivity contribution < 1.29 is 9.47 Å². The van der Waals surface area contributed by atoms with E-state index in [1.54, 1.807) is 26.5 Å². The number of methoxy groups -OCH3 is 2. The molecule has 26 heavy (non-hydrogen) atoms. The van der Waals surface area contributed by atoms with E-state index >= 15 is 0 Å². The molecule has 0 unspecified atom stereocenters. The van der Waals surface area contributed by atoms with Crippen LogP contribution in [0.3, 0.4) is 0 Å². The number of nitrogens with one attached hydrogen (secondary N) is 1. The van der Waals surface area contributed by atoms with E-state index in [9.17, 15) is 0 Å². The Kier molecular flexibility index (Phi) is 5.02. The van der Waals surface area contributed by atoms with E-state index in [0.717, 1.165) is 33.4 Å². The third-order valence-corrected chi connectivity index (χ3v) is 4.02. The lowest BCUT2D eigenvalue weighted by atomic mass is 10.0. The molecule has 2 heterocycles. The Hall–Kier alpha value is -3.15. The van der Waals surface area contributed by atoms with Crippen molar-refractivity contribution in [2.45, 2.75) is 19.9 Å². The third kappa shape index (κ3) is 3.31. The molecular weight excluding hydrogens is 328 g/mol. The molecule has 134 valence electrons. The molecule has 3 rings (SSSR count). The molecule has 0 aliphatic rings. The summed E-state index contributed by atoms with van der Waals surface area (Å²) in [4.78, 5) is 4.56. The summed E-state index contributed by atoms with van der Waals surface area (Å²) >= 11 is 0. The van der Waals surface area contributed by atoms with Gasteiger partial charge in [-0.2, -0.15) is 10.2 Å². The van der Waals surface area contributed by atoms with Gasteiger partial charge in [0.15, 0.2) is 11.5 Å². The molecule has 6 nitrogen and oxygen atoms in total. The lowest BCUT2D eigenvalue weighted by Gasteiger charge is -2.14. The van der Waals surface area contributed by atoms with Crippen molar-refractivity contribution >= 4 is 22.8 Å². The first kappa shape index (κ1) is 17.7. The van der Waals surface area contributed by atoms with Crippen LogP contribution in [0, 0.1) is 0 Å². The van der Waals surface area contributed by atoms with Crippen LogP contribution in [0.4, 0.5) is 5.82 Å². The van der Waals surface area contributed by atoms with Crippen molar-refractivity contribution in [2.75, 3.05) is 19.5 Å². The average molecular weight is 350 g/mol. The lowest BCUT2D eigenvalue weighted by molar-refractivity contribution is 0.356. The van der Waals surface area contributed by atoms with E-state index in [1.165, 1.54) is 0 Å². The molecule has 0 fully saturated rings. The van der Waals surface area contributed by atoms with Crippen LogP contribution in [0.15, 0.2) is 37.2 Å². The number of ether oxygens (including phenoxy) is 2. The summed E-state index contributed by atoms with van der Waals surface area (Å²) in [6.45, 7) is 8.05. The predicted molar refractivity (Wildman–Crippen MR) is 105 cm³/mol. The first-order chi connectivity index (χ1) is 12.6. The minimum Gasteiger partial charge on any atom is -0.493 e. The minimum atomic E-state index is 0.284. The molecule has 0 saturated carbocycles. The quantitative estimate of drug-likeness (QED) is 0.719. The van der Waals surface area contributed by atoms with Gasteiger partial charge in [-0.15, -0.1) is 0 Å². The number of hydrogen-bond acceptors (Lipinski definition) is 6. The summed E-state index contributed by atoms with van der Waals surface area (Å²) in [6, 6.07) is 6.05. The second-order valence-corrected chi connectivity index (χ2v) is 6.15. The average Bonchev–Trinajstić information content (AvgIpc) is 2.66. The van der Waals surface area contributed by atoms with E-state index < -0.39 is 0 Å². The monoisotopic (exact) mass is 350 g/mol. The predicted octanol–water partition coefficient (Wildman–Crippen LogP) is 4.17. The minimum absolute atomic E-state index is 0.284. The van der Waals surface area contributed by atoms with Crippen molar-refractivity contribution in [3.8, 4) is 22.6 Å². The van der Waals surface area contributed by atoms with Crippen LogP contribution in [-0.2, 0) is 0 Å². The lowest BCUT2D eigenvalue weighted by Crippen LogP contribution is -2.12. The van der Waals surface area contributed by atoms with Crippen molar-refractivity contribution in [1.82, 2.24) is 15.2 Å². The first-order valence-corrected chi connectivity index (χ1v) is 8.34. The molecule has 0 amide bonds. The topological polar surface area (TPSA) is 69.2 Å². The number of aromatic nitrogens is 3. The fourth-order valence-corrected chi connectivity index (χ4v) is 2.79. The molecule has 0 spiro atoms. The van der Waals surface area contributed by atoms with Crippen LogP contribution in [0.1, 0.15) is 19.4 Å². The Bertz CT molecular complexity index is 954. The molecule has 6 heteroatoms. The Morgan fingerprint density at radius 1 is 1.08 bits per heavy atom. The van der Waals surface area contributed by atoms with Crippen LogP contribution in [0.25, 0.3) is 28.1 Å². The summed E-state index contributed by atoms with van der Waals surface area (Å²) in [6.07, 6.45) is 5.35. The number of fused-ring (bicyclic) bond motifs is 1. The summed E-state index contributed by atoms with van der Waals surface area (Å²) < 4.78 is 10.8. The Labute approximate surface area is 152 Å². The number of pyridine rings is 1. The normalized spacial score (nSPS) is 10.8. The van der Waals surface area contributed by atoms with Gasteiger partial charge in [-0.1, -0.05) is 12.7 Å². The maximum atomic E-state index is 5.43. The zero-order valence-electron chi connectivity index (χ0n) is 15.4. The van der Waals surface area contributed by atoms with Gasteiger partial charge >= 0.3 is 0 Å². The van der Waals surface area contributed by atoms with E-state index in [2.05, 4.69) is 40.9 Å². The van der Waals surface area contributed by atoms with Crippen LogP contribution in [-0.4, -0.2) is 35.4 Å². The van der Waals surface area contributed by atoms with Crippen molar-refractivity contribution in [3.63, 3.8) is 0 Å². The first-order valence-electron chi connectivity index (χ1n) is 8.34. The van der Waals surface area contributed by atoms with Gasteiger partial charge in [-0.3, -0.25) is 0 Å². The smallest absolute Gasteiger partial charge is 0.162 e. The van der Waals surface area contributed by atoms with Gasteiger partial charge in [0, 0.05) is 40.4 Å². The number of rotatable bonds is 6. The van der Waals surface area contributed by atoms with E-state index in [4.69, 9.17) is 9.47 Å². The maximum absolute atomic E-state index is 5.43. The highest BCUT2D eigenvalue weighted by atomic mass is 16.5. The fourth-order valence-electron chi connectivity index (χ4n) is 2.79. The van der Waals surface area contributed by atoms with Gasteiger partial charge in [0.1, 0.15) is 5.82 Å². The second kappa shape index (κ2) is 7.39. The number of anilines is 1. The van der Waals surface area contributed by atoms with Gasteiger partial charge in [0.25, 0.3) is 0 Å². The van der Waals surface area contributed by atoms with Crippen LogP contribution < -0.4 is 14.8 Å². The van der Waals surface area contributed by atoms with E-state index in [1.807, 2.05) is 24.4 Å². The Balaban J connectivity index is 2.17. The number of nitrogens with zero attached hydrogens (tertiary/aromatic N) is 3. The van der Waals surface area contributed by atoms with Gasteiger partial charge in [-0.25, -0.2) is 4.98 Å². The standard InChI is InChI=1S/C20H22N4O2/c1-6-13-7-14(10-21-20(13)23-12(2)3)16-11-22-24-17-9-19(26-5)18(25-4)8-15(16)17/h6-12H,1H2,2-5H3,(H,21,23). The Morgan fingerprint density at radius 2 is 1.81 bits per heavy atom. The molecule has 0 aliphatic carbocycles. The SMILES string of the molecule is C=Cc1cc(-c2cnnc3cc(OC)c(OC)cc23)cnc1NC(C)C. The molecule has 1 aromatic carbocycles. The van der Waals surface area contributed by atoms with Crippen LogP contribution in [0.5, 0.6) is 11.5 Å². The van der Waals surface area contributed by atoms with E-state index in [0.29, 0.717) is 11.5 Å². The van der Waals surface area contributed by atoms with Crippen molar-refractivity contribution in [2.24, 2.45) is 0 Å². The Morgan fingerprint density at radius 3 is 2.46 bits per heavy atom. The second-order valence-electron chi connectivity index (χ2n) is 6.15. The number of hydrogen-bond donors (Lipinski definition) is 1. The molecule has 0 aliphatic heterocycles. The fraction of sp³-hybridized carbons (Fsp3) is 0.250. The van der Waals surface area contributed by atoms with Gasteiger partial charge in [0.2, 0.25) is 0 Å². The molecule has 1 N–H and O–H groups in total. The maximum Gasteiger partial charge on any atom is 0.162 e. The summed E-state index contributed by atoms with van der Waals surface area (Å²) in [7, 11) is 3.21. The zero-order valence-corrected chi connectivity index (χ0v) is 15.4. The van der Waals surface area contributed by atoms with Crippen LogP contribution in [0.2, 0.25) is 0 Å². The van der Waals surface area contributed by atoms with Gasteiger partial charge in [0.05, 0.1) is 25.9 Å². The zero-order chi connectivity index (χ0) is 18.7. The van der Waals surface area contributed by atoms with Crippen LogP contribution >= 0.6 is 0 Å².